The van der Waals surface area contributed by atoms with Crippen LogP contribution >= 0.6 is 0 Å². The third kappa shape index (κ3) is 6.52. The van der Waals surface area contributed by atoms with E-state index in [1.165, 1.54) is 12.1 Å². The number of aliphatic hydroxyl groups excluding tert-OH is 1. The van der Waals surface area contributed by atoms with Gasteiger partial charge in [-0.2, -0.15) is 0 Å². The van der Waals surface area contributed by atoms with Crippen molar-refractivity contribution in [2.24, 2.45) is 0 Å². The van der Waals surface area contributed by atoms with Crippen molar-refractivity contribution in [1.82, 2.24) is 15.5 Å². The highest BCUT2D eigenvalue weighted by atomic mass is 19.1. The Labute approximate surface area is 238 Å². The second-order valence-corrected chi connectivity index (χ2v) is 10.6. The number of carbonyl (C=O) groups excluding carboxylic acids is 3. The fourth-order valence-electron chi connectivity index (χ4n) is 5.78. The van der Waals surface area contributed by atoms with E-state index < -0.39 is 23.9 Å². The second-order valence-electron chi connectivity index (χ2n) is 10.6. The molecule has 0 spiro atoms. The fraction of sp³-hybridized carbons (Fsp3) is 0.500. The van der Waals surface area contributed by atoms with Crippen LogP contribution in [0.5, 0.6) is 5.75 Å². The Morgan fingerprint density at radius 1 is 1.05 bits per heavy atom. The molecule has 2 atom stereocenters. The van der Waals surface area contributed by atoms with Gasteiger partial charge in [-0.15, -0.1) is 0 Å². The number of aliphatic hydroxyl groups is 1. The molecule has 3 amide bonds. The Morgan fingerprint density at radius 2 is 1.83 bits per heavy atom. The lowest BCUT2D eigenvalue weighted by atomic mass is 9.92. The van der Waals surface area contributed by atoms with E-state index >= 15 is 4.39 Å². The maximum absolute atomic E-state index is 15.1. The number of ether oxygens (including phenoxy) is 3. The molecule has 11 heteroatoms. The molecule has 0 unspecified atom stereocenters. The largest absolute Gasteiger partial charge is 0.496 e. The molecular weight excluding hydrogens is 533 g/mol. The Kier molecular flexibility index (Phi) is 9.16. The molecule has 3 N–H and O–H groups in total. The van der Waals surface area contributed by atoms with Gasteiger partial charge in [0.25, 0.3) is 11.8 Å². The first-order chi connectivity index (χ1) is 19.9. The SMILES string of the molecule is COc1c(C(=O)N[C@H]2CCOC[C@@H]2O)cc(Cc2ccc(C(=O)NCC(=O)N3CCOCC3)c(F)c2)c2c1CCC2. The zero-order valence-electron chi connectivity index (χ0n) is 23.2. The summed E-state index contributed by atoms with van der Waals surface area (Å²) in [6.07, 6.45) is 2.59. The Morgan fingerprint density at radius 3 is 2.56 bits per heavy atom. The summed E-state index contributed by atoms with van der Waals surface area (Å²) in [5, 5.41) is 15.7. The van der Waals surface area contributed by atoms with Crippen LogP contribution in [-0.4, -0.2) is 93.0 Å². The van der Waals surface area contributed by atoms with Crippen LogP contribution in [0.15, 0.2) is 24.3 Å². The highest BCUT2D eigenvalue weighted by molar-refractivity contribution is 5.98. The van der Waals surface area contributed by atoms with Crippen LogP contribution in [0.2, 0.25) is 0 Å². The van der Waals surface area contributed by atoms with Crippen LogP contribution in [0.3, 0.4) is 0 Å². The van der Waals surface area contributed by atoms with E-state index in [2.05, 4.69) is 10.6 Å². The van der Waals surface area contributed by atoms with E-state index in [1.807, 2.05) is 0 Å². The summed E-state index contributed by atoms with van der Waals surface area (Å²) in [6, 6.07) is 5.80. The van der Waals surface area contributed by atoms with Gasteiger partial charge < -0.3 is 34.9 Å². The standard InChI is InChI=1S/C30H36FN3O7/c1-39-28-21-4-2-3-20(21)19(15-23(28)30(38)33-25-7-10-41-17-26(25)35)13-18-5-6-22(24(31)14-18)29(37)32-16-27(36)34-8-11-40-12-9-34/h5-6,14-15,25-26,35H,2-4,7-13,16-17H2,1H3,(H,32,37)(H,33,38)/t25-,26-/m0/s1. The van der Waals surface area contributed by atoms with Gasteiger partial charge in [0.1, 0.15) is 11.6 Å². The summed E-state index contributed by atoms with van der Waals surface area (Å²) in [7, 11) is 1.54. The number of nitrogens with zero attached hydrogens (tertiary/aromatic N) is 1. The molecular formula is C30H36FN3O7. The number of rotatable bonds is 8. The van der Waals surface area contributed by atoms with Crippen LogP contribution in [0.25, 0.3) is 0 Å². The molecule has 0 bridgehead atoms. The first-order valence-electron chi connectivity index (χ1n) is 14.1. The van der Waals surface area contributed by atoms with Crippen molar-refractivity contribution >= 4 is 17.7 Å². The van der Waals surface area contributed by atoms with Crippen LogP contribution in [0.4, 0.5) is 4.39 Å². The lowest BCUT2D eigenvalue weighted by molar-refractivity contribution is -0.134. The fourth-order valence-corrected chi connectivity index (χ4v) is 5.78. The lowest BCUT2D eigenvalue weighted by Gasteiger charge is -2.29. The van der Waals surface area contributed by atoms with Gasteiger partial charge in [-0.05, 0) is 72.6 Å². The third-order valence-electron chi connectivity index (χ3n) is 7.97. The van der Waals surface area contributed by atoms with Gasteiger partial charge in [-0.25, -0.2) is 4.39 Å². The molecule has 0 radical (unpaired) electrons. The number of fused-ring (bicyclic) bond motifs is 1. The van der Waals surface area contributed by atoms with Crippen LogP contribution in [0, 0.1) is 5.82 Å². The first kappa shape index (κ1) is 29.0. The van der Waals surface area contributed by atoms with E-state index in [1.54, 1.807) is 24.1 Å². The molecule has 41 heavy (non-hydrogen) atoms. The lowest BCUT2D eigenvalue weighted by Crippen LogP contribution is -2.48. The van der Waals surface area contributed by atoms with Crippen molar-refractivity contribution in [1.29, 1.82) is 0 Å². The van der Waals surface area contributed by atoms with Gasteiger partial charge in [-0.3, -0.25) is 14.4 Å². The number of halogens is 1. The van der Waals surface area contributed by atoms with Crippen molar-refractivity contribution in [2.75, 3.05) is 53.2 Å². The maximum atomic E-state index is 15.1. The average molecular weight is 570 g/mol. The summed E-state index contributed by atoms with van der Waals surface area (Å²) in [6.45, 7) is 2.26. The maximum Gasteiger partial charge on any atom is 0.255 e. The summed E-state index contributed by atoms with van der Waals surface area (Å²) in [4.78, 5) is 39.9. The van der Waals surface area contributed by atoms with Gasteiger partial charge in [0.2, 0.25) is 5.91 Å². The molecule has 2 aromatic rings. The summed E-state index contributed by atoms with van der Waals surface area (Å²) in [5.74, 6) is -1.39. The van der Waals surface area contributed by atoms with Gasteiger partial charge in [0.05, 0.1) is 56.7 Å². The number of carbonyl (C=O) groups is 3. The monoisotopic (exact) mass is 569 g/mol. The molecule has 2 aliphatic heterocycles. The highest BCUT2D eigenvalue weighted by Crippen LogP contribution is 2.37. The number of amides is 3. The molecule has 2 aromatic carbocycles. The van der Waals surface area contributed by atoms with E-state index in [4.69, 9.17) is 14.2 Å². The first-order valence-corrected chi connectivity index (χ1v) is 14.1. The van der Waals surface area contributed by atoms with E-state index in [0.717, 1.165) is 36.0 Å². The average Bonchev–Trinajstić information content (AvgIpc) is 3.48. The highest BCUT2D eigenvalue weighted by Gasteiger charge is 2.30. The minimum Gasteiger partial charge on any atom is -0.496 e. The number of hydrogen-bond acceptors (Lipinski definition) is 7. The smallest absolute Gasteiger partial charge is 0.255 e. The molecule has 2 fully saturated rings. The van der Waals surface area contributed by atoms with E-state index in [0.29, 0.717) is 62.6 Å². The zero-order chi connectivity index (χ0) is 28.9. The van der Waals surface area contributed by atoms with Crippen molar-refractivity contribution < 1.29 is 38.1 Å². The molecule has 2 heterocycles. The molecule has 0 saturated carbocycles. The number of benzene rings is 2. The predicted octanol–water partition coefficient (Wildman–Crippen LogP) is 1.38. The quantitative estimate of drug-likeness (QED) is 0.439. The summed E-state index contributed by atoms with van der Waals surface area (Å²) < 4.78 is 31.3. The molecule has 2 saturated heterocycles. The minimum absolute atomic E-state index is 0.140. The Bertz CT molecular complexity index is 1310. The van der Waals surface area contributed by atoms with Gasteiger partial charge in [0.15, 0.2) is 0 Å². The predicted molar refractivity (Wildman–Crippen MR) is 147 cm³/mol. The van der Waals surface area contributed by atoms with Crippen LogP contribution in [-0.2, 0) is 33.5 Å². The number of nitrogens with one attached hydrogen (secondary N) is 2. The topological polar surface area (TPSA) is 126 Å². The third-order valence-corrected chi connectivity index (χ3v) is 7.97. The minimum atomic E-state index is -0.788. The Hall–Kier alpha value is -3.54. The van der Waals surface area contributed by atoms with Crippen LogP contribution in [0.1, 0.15) is 55.8 Å². The van der Waals surface area contributed by atoms with Gasteiger partial charge in [-0.1, -0.05) is 6.07 Å². The molecule has 5 rings (SSSR count). The van der Waals surface area contributed by atoms with E-state index in [-0.39, 0.29) is 30.5 Å². The molecule has 1 aliphatic carbocycles. The van der Waals surface area contributed by atoms with Gasteiger partial charge in [0, 0.05) is 19.7 Å². The molecule has 10 nitrogen and oxygen atoms in total. The van der Waals surface area contributed by atoms with Crippen molar-refractivity contribution in [3.63, 3.8) is 0 Å². The summed E-state index contributed by atoms with van der Waals surface area (Å²) >= 11 is 0. The van der Waals surface area contributed by atoms with Crippen molar-refractivity contribution in [3.8, 4) is 5.75 Å². The van der Waals surface area contributed by atoms with Gasteiger partial charge >= 0.3 is 0 Å². The van der Waals surface area contributed by atoms with Crippen molar-refractivity contribution in [2.45, 2.75) is 44.2 Å². The molecule has 220 valence electrons. The Balaban J connectivity index is 1.31. The number of hydrogen-bond donors (Lipinski definition) is 3. The normalized spacial score (nSPS) is 20.3. The molecule has 3 aliphatic rings. The number of morpholine rings is 1. The van der Waals surface area contributed by atoms with Crippen molar-refractivity contribution in [3.05, 3.63) is 63.5 Å². The van der Waals surface area contributed by atoms with E-state index in [9.17, 15) is 19.5 Å². The second kappa shape index (κ2) is 13.0. The zero-order valence-corrected chi connectivity index (χ0v) is 23.2. The number of methoxy groups -OCH3 is 1. The van der Waals surface area contributed by atoms with Crippen LogP contribution < -0.4 is 15.4 Å². The summed E-state index contributed by atoms with van der Waals surface area (Å²) in [5.41, 5.74) is 3.84. The molecule has 0 aromatic heterocycles.